The molecule has 0 radical (unpaired) electrons. The van der Waals surface area contributed by atoms with Gasteiger partial charge in [0.05, 0.1) is 16.2 Å². The third kappa shape index (κ3) is 2.52. The largest absolute Gasteiger partial charge is 0.331 e. The van der Waals surface area contributed by atoms with Gasteiger partial charge in [0, 0.05) is 16.6 Å². The molecule has 0 saturated carbocycles. The van der Waals surface area contributed by atoms with Gasteiger partial charge < -0.3 is 5.32 Å². The van der Waals surface area contributed by atoms with Crippen molar-refractivity contribution in [2.24, 2.45) is 0 Å². The van der Waals surface area contributed by atoms with Crippen LogP contribution in [0.3, 0.4) is 0 Å². The number of hydrogen-bond donors (Lipinski definition) is 1. The molecule has 0 aliphatic rings. The maximum Gasteiger partial charge on any atom is 0.182 e. The Bertz CT molecular complexity index is 795. The molecule has 1 aromatic heterocycles. The van der Waals surface area contributed by atoms with Crippen LogP contribution in [0.5, 0.6) is 0 Å². The van der Waals surface area contributed by atoms with Gasteiger partial charge in [0.1, 0.15) is 0 Å². The van der Waals surface area contributed by atoms with E-state index >= 15 is 0 Å². The second-order valence-electron chi connectivity index (χ2n) is 4.30. The maximum absolute atomic E-state index is 6.13. The van der Waals surface area contributed by atoms with Crippen LogP contribution in [0.4, 0.5) is 5.69 Å². The lowest BCUT2D eigenvalue weighted by molar-refractivity contribution is 1.24. The zero-order valence-electron chi connectivity index (χ0n) is 10.3. The third-order valence-electron chi connectivity index (χ3n) is 2.99. The number of halogens is 2. The molecule has 1 heterocycles. The van der Waals surface area contributed by atoms with Gasteiger partial charge in [0.15, 0.2) is 5.11 Å². The Kier molecular flexibility index (Phi) is 3.66. The smallest absolute Gasteiger partial charge is 0.182 e. The minimum Gasteiger partial charge on any atom is -0.331 e. The first-order chi connectivity index (χ1) is 9.65. The van der Waals surface area contributed by atoms with E-state index in [1.54, 1.807) is 18.2 Å². The van der Waals surface area contributed by atoms with Crippen LogP contribution in [0.15, 0.2) is 54.7 Å². The molecule has 2 aromatic carbocycles. The Labute approximate surface area is 131 Å². The van der Waals surface area contributed by atoms with Gasteiger partial charge in [0.2, 0.25) is 0 Å². The molecule has 0 unspecified atom stereocenters. The number of anilines is 1. The summed E-state index contributed by atoms with van der Waals surface area (Å²) in [6.45, 7) is 0. The zero-order valence-corrected chi connectivity index (χ0v) is 12.6. The number of benzene rings is 2. The minimum absolute atomic E-state index is 0.551. The van der Waals surface area contributed by atoms with Gasteiger partial charge in [-0.1, -0.05) is 41.4 Å². The highest BCUT2D eigenvalue weighted by atomic mass is 35.5. The van der Waals surface area contributed by atoms with Gasteiger partial charge in [-0.25, -0.2) is 0 Å². The predicted octanol–water partition coefficient (Wildman–Crippen LogP) is 5.19. The molecule has 2 nitrogen and oxygen atoms in total. The van der Waals surface area contributed by atoms with Gasteiger partial charge in [-0.05, 0) is 42.5 Å². The summed E-state index contributed by atoms with van der Waals surface area (Å²) >= 11 is 17.5. The summed E-state index contributed by atoms with van der Waals surface area (Å²) in [5.41, 5.74) is 1.74. The van der Waals surface area contributed by atoms with Crippen molar-refractivity contribution in [2.45, 2.75) is 0 Å². The Morgan fingerprint density at radius 1 is 1.05 bits per heavy atom. The molecule has 0 spiro atoms. The Balaban J connectivity index is 1.95. The molecule has 0 saturated heterocycles. The fourth-order valence-corrected chi connectivity index (χ4v) is 2.63. The molecule has 0 bridgehead atoms. The van der Waals surface area contributed by atoms with Crippen molar-refractivity contribution in [2.75, 3.05) is 5.32 Å². The number of para-hydroxylation sites is 1. The number of hydrogen-bond acceptors (Lipinski definition) is 1. The van der Waals surface area contributed by atoms with E-state index in [2.05, 4.69) is 5.32 Å². The normalized spacial score (nSPS) is 10.7. The highest BCUT2D eigenvalue weighted by Gasteiger charge is 2.07. The molecule has 3 aromatic rings. The quantitative estimate of drug-likeness (QED) is 0.621. The number of rotatable bonds is 1. The first-order valence-electron chi connectivity index (χ1n) is 5.97. The zero-order chi connectivity index (χ0) is 14.1. The lowest BCUT2D eigenvalue weighted by Gasteiger charge is -2.12. The summed E-state index contributed by atoms with van der Waals surface area (Å²) in [6, 6.07) is 15.3. The van der Waals surface area contributed by atoms with Crippen molar-refractivity contribution >= 4 is 57.1 Å². The predicted molar refractivity (Wildman–Crippen MR) is 90.0 cm³/mol. The SMILES string of the molecule is S=C(Nc1cc(Cl)ccc1Cl)n1ccc2ccccc21. The molecule has 0 atom stereocenters. The molecule has 100 valence electrons. The van der Waals surface area contributed by atoms with Crippen LogP contribution < -0.4 is 5.32 Å². The van der Waals surface area contributed by atoms with E-state index in [-0.39, 0.29) is 0 Å². The number of aromatic nitrogens is 1. The standard InChI is InChI=1S/C15H10Cl2N2S/c16-11-5-6-12(17)13(9-11)18-15(20)19-8-7-10-3-1-2-4-14(10)19/h1-9H,(H,18,20). The second-order valence-corrected chi connectivity index (χ2v) is 5.53. The van der Waals surface area contributed by atoms with Gasteiger partial charge in [-0.3, -0.25) is 4.57 Å². The molecular formula is C15H10Cl2N2S. The molecule has 1 N–H and O–H groups in total. The van der Waals surface area contributed by atoms with Crippen LogP contribution in [-0.4, -0.2) is 9.68 Å². The van der Waals surface area contributed by atoms with Crippen LogP contribution in [0.25, 0.3) is 10.9 Å². The van der Waals surface area contributed by atoms with Crippen molar-refractivity contribution in [1.82, 2.24) is 4.57 Å². The van der Waals surface area contributed by atoms with E-state index in [1.807, 2.05) is 41.1 Å². The molecule has 5 heteroatoms. The lowest BCUT2D eigenvalue weighted by Crippen LogP contribution is -2.18. The van der Waals surface area contributed by atoms with Crippen LogP contribution in [-0.2, 0) is 0 Å². The second kappa shape index (κ2) is 5.44. The summed E-state index contributed by atoms with van der Waals surface area (Å²) in [7, 11) is 0. The topological polar surface area (TPSA) is 17.0 Å². The summed E-state index contributed by atoms with van der Waals surface area (Å²) in [5, 5.41) is 5.99. The van der Waals surface area contributed by atoms with Gasteiger partial charge in [-0.15, -0.1) is 0 Å². The Morgan fingerprint density at radius 3 is 2.70 bits per heavy atom. The molecule has 20 heavy (non-hydrogen) atoms. The average Bonchev–Trinajstić information content (AvgIpc) is 2.87. The number of thiocarbonyl (C=S) groups is 1. The van der Waals surface area contributed by atoms with Crippen molar-refractivity contribution in [3.63, 3.8) is 0 Å². The highest BCUT2D eigenvalue weighted by Crippen LogP contribution is 2.26. The number of nitrogens with zero attached hydrogens (tertiary/aromatic N) is 1. The van der Waals surface area contributed by atoms with Crippen LogP contribution in [0, 0.1) is 0 Å². The molecule has 3 rings (SSSR count). The van der Waals surface area contributed by atoms with E-state index < -0.39 is 0 Å². The fraction of sp³-hybridized carbons (Fsp3) is 0. The number of fused-ring (bicyclic) bond motifs is 1. The summed E-state index contributed by atoms with van der Waals surface area (Å²) in [4.78, 5) is 0. The van der Waals surface area contributed by atoms with Crippen molar-refractivity contribution in [3.05, 3.63) is 64.8 Å². The average molecular weight is 321 g/mol. The van der Waals surface area contributed by atoms with Crippen molar-refractivity contribution in [1.29, 1.82) is 0 Å². The highest BCUT2D eigenvalue weighted by molar-refractivity contribution is 7.80. The molecule has 0 fully saturated rings. The van der Waals surface area contributed by atoms with E-state index in [9.17, 15) is 0 Å². The first-order valence-corrected chi connectivity index (χ1v) is 7.14. The summed E-state index contributed by atoms with van der Waals surface area (Å²) in [6.07, 6.45) is 1.93. The molecule has 0 aliphatic carbocycles. The minimum atomic E-state index is 0.551. The van der Waals surface area contributed by atoms with E-state index in [0.717, 1.165) is 10.9 Å². The Hall–Kier alpha value is -1.55. The summed E-state index contributed by atoms with van der Waals surface area (Å²) in [5.74, 6) is 0. The molecule has 0 amide bonds. The van der Waals surface area contributed by atoms with Gasteiger partial charge >= 0.3 is 0 Å². The monoisotopic (exact) mass is 320 g/mol. The molecular weight excluding hydrogens is 311 g/mol. The lowest BCUT2D eigenvalue weighted by atomic mass is 10.2. The maximum atomic E-state index is 6.13. The summed E-state index contributed by atoms with van der Waals surface area (Å²) < 4.78 is 1.90. The third-order valence-corrected chi connectivity index (χ3v) is 3.85. The fourth-order valence-electron chi connectivity index (χ4n) is 2.03. The number of nitrogens with one attached hydrogen (secondary N) is 1. The van der Waals surface area contributed by atoms with Gasteiger partial charge in [-0.2, -0.15) is 0 Å². The van der Waals surface area contributed by atoms with E-state index in [4.69, 9.17) is 35.4 Å². The van der Waals surface area contributed by atoms with Crippen molar-refractivity contribution in [3.8, 4) is 0 Å². The van der Waals surface area contributed by atoms with Crippen LogP contribution >= 0.6 is 35.4 Å². The molecule has 0 aliphatic heterocycles. The van der Waals surface area contributed by atoms with Crippen LogP contribution in [0.2, 0.25) is 10.0 Å². The van der Waals surface area contributed by atoms with Crippen LogP contribution in [0.1, 0.15) is 0 Å². The van der Waals surface area contributed by atoms with E-state index in [0.29, 0.717) is 20.8 Å². The van der Waals surface area contributed by atoms with Crippen molar-refractivity contribution < 1.29 is 0 Å². The van der Waals surface area contributed by atoms with E-state index in [1.165, 1.54) is 0 Å². The first kappa shape index (κ1) is 13.4. The van der Waals surface area contributed by atoms with Gasteiger partial charge in [0.25, 0.3) is 0 Å². The Morgan fingerprint density at radius 2 is 1.85 bits per heavy atom.